The van der Waals surface area contributed by atoms with Gasteiger partial charge in [-0.2, -0.15) is 0 Å². The van der Waals surface area contributed by atoms with Gasteiger partial charge in [0.25, 0.3) is 5.91 Å². The first-order valence-electron chi connectivity index (χ1n) is 8.79. The molecule has 0 spiro atoms. The molecule has 3 rings (SSSR count). The topological polar surface area (TPSA) is 81.2 Å². The highest BCUT2D eigenvalue weighted by Gasteiger charge is 2.23. The molecule has 0 radical (unpaired) electrons. The number of nitrogens with zero attached hydrogens (tertiary/aromatic N) is 2. The molecule has 1 unspecified atom stereocenters. The van der Waals surface area contributed by atoms with Crippen LogP contribution in [0.3, 0.4) is 0 Å². The second kappa shape index (κ2) is 7.80. The lowest BCUT2D eigenvalue weighted by Crippen LogP contribution is -2.31. The summed E-state index contributed by atoms with van der Waals surface area (Å²) in [7, 11) is 2.12. The number of aliphatic hydroxyl groups is 1. The summed E-state index contributed by atoms with van der Waals surface area (Å²) in [6, 6.07) is 7.32. The molecule has 1 aromatic heterocycles. The van der Waals surface area contributed by atoms with Crippen molar-refractivity contribution < 1.29 is 9.90 Å². The Balaban J connectivity index is 1.68. The minimum absolute atomic E-state index is 0.146. The molecule has 6 nitrogen and oxygen atoms in total. The fourth-order valence-electron chi connectivity index (χ4n) is 3.38. The van der Waals surface area contributed by atoms with Gasteiger partial charge in [0, 0.05) is 5.92 Å². The summed E-state index contributed by atoms with van der Waals surface area (Å²) in [4.78, 5) is 22.4. The van der Waals surface area contributed by atoms with Crippen LogP contribution in [0.5, 0.6) is 0 Å². The molecule has 1 saturated heterocycles. The van der Waals surface area contributed by atoms with Gasteiger partial charge in [-0.25, -0.2) is 4.98 Å². The second-order valence-corrected chi connectivity index (χ2v) is 6.82. The van der Waals surface area contributed by atoms with E-state index < -0.39 is 6.04 Å². The molecule has 134 valence electrons. The number of rotatable bonds is 5. The van der Waals surface area contributed by atoms with Gasteiger partial charge in [-0.3, -0.25) is 4.79 Å². The molecule has 3 N–H and O–H groups in total. The van der Waals surface area contributed by atoms with Crippen LogP contribution in [-0.4, -0.2) is 52.6 Å². The standard InChI is InChI=1S/C19H26N4O2/c1-13-5-3-4-6-15(13)17(12-24)22-19(25)16-11-20-18(21-16)14-7-9-23(2)10-8-14/h3-6,11,14,17,24H,7-10,12H2,1-2H3,(H,20,21)(H,22,25). The Morgan fingerprint density at radius 3 is 2.80 bits per heavy atom. The fourth-order valence-corrected chi connectivity index (χ4v) is 3.38. The number of hydrogen-bond acceptors (Lipinski definition) is 4. The van der Waals surface area contributed by atoms with Crippen LogP contribution < -0.4 is 5.32 Å². The van der Waals surface area contributed by atoms with Crippen LogP contribution in [0, 0.1) is 6.92 Å². The molecule has 6 heteroatoms. The van der Waals surface area contributed by atoms with E-state index in [2.05, 4.69) is 27.2 Å². The number of H-pyrrole nitrogens is 1. The number of aryl methyl sites for hydroxylation is 1. The van der Waals surface area contributed by atoms with E-state index in [1.165, 1.54) is 0 Å². The zero-order valence-corrected chi connectivity index (χ0v) is 14.8. The van der Waals surface area contributed by atoms with Gasteiger partial charge in [0.1, 0.15) is 11.5 Å². The Kier molecular flexibility index (Phi) is 5.50. The van der Waals surface area contributed by atoms with Crippen LogP contribution in [0.15, 0.2) is 30.5 Å². The third-order valence-corrected chi connectivity index (χ3v) is 5.00. The maximum atomic E-state index is 12.5. The van der Waals surface area contributed by atoms with Gasteiger partial charge in [0.15, 0.2) is 0 Å². The Labute approximate surface area is 148 Å². The lowest BCUT2D eigenvalue weighted by Gasteiger charge is -2.27. The number of aromatic nitrogens is 2. The Morgan fingerprint density at radius 1 is 1.40 bits per heavy atom. The molecular formula is C19H26N4O2. The first-order chi connectivity index (χ1) is 12.1. The smallest absolute Gasteiger partial charge is 0.269 e. The van der Waals surface area contributed by atoms with E-state index in [1.807, 2.05) is 31.2 Å². The van der Waals surface area contributed by atoms with Crippen LogP contribution in [0.2, 0.25) is 0 Å². The number of nitrogens with one attached hydrogen (secondary N) is 2. The molecule has 1 atom stereocenters. The van der Waals surface area contributed by atoms with E-state index in [0.29, 0.717) is 11.6 Å². The van der Waals surface area contributed by atoms with Crippen molar-refractivity contribution in [2.45, 2.75) is 31.7 Å². The van der Waals surface area contributed by atoms with Gasteiger partial charge < -0.3 is 20.3 Å². The monoisotopic (exact) mass is 342 g/mol. The molecule has 0 aliphatic carbocycles. The lowest BCUT2D eigenvalue weighted by atomic mass is 9.97. The number of piperidine rings is 1. The fraction of sp³-hybridized carbons (Fsp3) is 0.474. The molecule has 2 heterocycles. The van der Waals surface area contributed by atoms with Crippen molar-refractivity contribution in [1.82, 2.24) is 20.2 Å². The number of hydrogen-bond donors (Lipinski definition) is 3. The first kappa shape index (κ1) is 17.6. The van der Waals surface area contributed by atoms with Gasteiger partial charge in [-0.05, 0) is 51.0 Å². The summed E-state index contributed by atoms with van der Waals surface area (Å²) in [5.74, 6) is 1.02. The van der Waals surface area contributed by atoms with Crippen LogP contribution in [0.25, 0.3) is 0 Å². The number of benzene rings is 1. The van der Waals surface area contributed by atoms with Crippen molar-refractivity contribution >= 4 is 5.91 Å². The maximum absolute atomic E-state index is 12.5. The van der Waals surface area contributed by atoms with E-state index in [-0.39, 0.29) is 12.5 Å². The first-order valence-corrected chi connectivity index (χ1v) is 8.79. The number of aromatic amines is 1. The van der Waals surface area contributed by atoms with Crippen molar-refractivity contribution in [3.05, 3.63) is 53.1 Å². The maximum Gasteiger partial charge on any atom is 0.269 e. The predicted molar refractivity (Wildman–Crippen MR) is 96.5 cm³/mol. The van der Waals surface area contributed by atoms with Crippen LogP contribution in [0.4, 0.5) is 0 Å². The lowest BCUT2D eigenvalue weighted by molar-refractivity contribution is 0.0911. The van der Waals surface area contributed by atoms with Crippen molar-refractivity contribution in [3.8, 4) is 0 Å². The Bertz CT molecular complexity index is 720. The zero-order chi connectivity index (χ0) is 17.8. The van der Waals surface area contributed by atoms with E-state index in [1.54, 1.807) is 6.20 Å². The van der Waals surface area contributed by atoms with Gasteiger partial charge in [0.2, 0.25) is 0 Å². The second-order valence-electron chi connectivity index (χ2n) is 6.82. The van der Waals surface area contributed by atoms with Gasteiger partial charge in [-0.15, -0.1) is 0 Å². The van der Waals surface area contributed by atoms with Gasteiger partial charge in [0.05, 0.1) is 18.8 Å². The van der Waals surface area contributed by atoms with E-state index in [4.69, 9.17) is 0 Å². The largest absolute Gasteiger partial charge is 0.394 e. The number of likely N-dealkylation sites (tertiary alicyclic amines) is 1. The third kappa shape index (κ3) is 4.08. The van der Waals surface area contributed by atoms with Crippen molar-refractivity contribution in [2.75, 3.05) is 26.7 Å². The molecular weight excluding hydrogens is 316 g/mol. The summed E-state index contributed by atoms with van der Waals surface area (Å²) in [5, 5.41) is 12.6. The average Bonchev–Trinajstić information content (AvgIpc) is 3.11. The number of amides is 1. The SMILES string of the molecule is Cc1ccccc1C(CO)NC(=O)c1cnc(C2CCN(C)CC2)[nH]1. The van der Waals surface area contributed by atoms with E-state index in [0.717, 1.165) is 42.9 Å². The molecule has 1 aliphatic heterocycles. The van der Waals surface area contributed by atoms with Crippen molar-refractivity contribution in [3.63, 3.8) is 0 Å². The molecule has 1 fully saturated rings. The highest BCUT2D eigenvalue weighted by atomic mass is 16.3. The average molecular weight is 342 g/mol. The Morgan fingerprint density at radius 2 is 2.12 bits per heavy atom. The minimum Gasteiger partial charge on any atom is -0.394 e. The number of aliphatic hydroxyl groups excluding tert-OH is 1. The summed E-state index contributed by atoms with van der Waals surface area (Å²) < 4.78 is 0. The molecule has 1 aliphatic rings. The van der Waals surface area contributed by atoms with E-state index in [9.17, 15) is 9.90 Å². The van der Waals surface area contributed by atoms with Crippen LogP contribution in [0.1, 0.15) is 52.2 Å². The predicted octanol–water partition coefficient (Wildman–Crippen LogP) is 1.99. The quantitative estimate of drug-likeness (QED) is 0.776. The number of carbonyl (C=O) groups is 1. The molecule has 1 aromatic carbocycles. The molecule has 0 bridgehead atoms. The highest BCUT2D eigenvalue weighted by Crippen LogP contribution is 2.25. The molecule has 0 saturated carbocycles. The molecule has 1 amide bonds. The van der Waals surface area contributed by atoms with Gasteiger partial charge >= 0.3 is 0 Å². The Hall–Kier alpha value is -2.18. The number of carbonyl (C=O) groups excluding carboxylic acids is 1. The molecule has 25 heavy (non-hydrogen) atoms. The highest BCUT2D eigenvalue weighted by molar-refractivity contribution is 5.92. The number of imidazole rings is 1. The summed E-state index contributed by atoms with van der Waals surface area (Å²) in [6.45, 7) is 3.92. The van der Waals surface area contributed by atoms with Crippen LogP contribution >= 0.6 is 0 Å². The summed E-state index contributed by atoms with van der Waals surface area (Å²) >= 11 is 0. The van der Waals surface area contributed by atoms with E-state index >= 15 is 0 Å². The normalized spacial score (nSPS) is 17.4. The third-order valence-electron chi connectivity index (χ3n) is 5.00. The van der Waals surface area contributed by atoms with Crippen LogP contribution in [-0.2, 0) is 0 Å². The molecule has 2 aromatic rings. The summed E-state index contributed by atoms with van der Waals surface area (Å²) in [6.07, 6.45) is 3.69. The minimum atomic E-state index is -0.427. The van der Waals surface area contributed by atoms with Crippen molar-refractivity contribution in [1.29, 1.82) is 0 Å². The van der Waals surface area contributed by atoms with Crippen molar-refractivity contribution in [2.24, 2.45) is 0 Å². The summed E-state index contributed by atoms with van der Waals surface area (Å²) in [5.41, 5.74) is 2.41. The van der Waals surface area contributed by atoms with Gasteiger partial charge in [-0.1, -0.05) is 24.3 Å². The zero-order valence-electron chi connectivity index (χ0n) is 14.8.